The third kappa shape index (κ3) is 4.74. The highest BCUT2D eigenvalue weighted by molar-refractivity contribution is 7.20. The van der Waals surface area contributed by atoms with Gasteiger partial charge in [-0.2, -0.15) is 5.10 Å². The van der Waals surface area contributed by atoms with Gasteiger partial charge in [-0.25, -0.2) is 4.79 Å². The van der Waals surface area contributed by atoms with Crippen molar-refractivity contribution in [1.29, 1.82) is 0 Å². The van der Waals surface area contributed by atoms with Crippen molar-refractivity contribution in [3.8, 4) is 0 Å². The number of fused-ring (bicyclic) bond motifs is 1. The summed E-state index contributed by atoms with van der Waals surface area (Å²) >= 11 is 1.48. The van der Waals surface area contributed by atoms with Crippen molar-refractivity contribution in [2.75, 3.05) is 13.6 Å². The molecule has 2 N–H and O–H groups in total. The Kier molecular flexibility index (Phi) is 6.22. The van der Waals surface area contributed by atoms with Crippen molar-refractivity contribution in [3.05, 3.63) is 16.6 Å². The topological polar surface area (TPSA) is 87.5 Å². The van der Waals surface area contributed by atoms with Crippen LogP contribution in [-0.2, 0) is 0 Å². The van der Waals surface area contributed by atoms with E-state index in [4.69, 9.17) is 5.10 Å². The molecule has 2 aromatic heterocycles. The molecule has 0 aliphatic heterocycles. The van der Waals surface area contributed by atoms with Crippen molar-refractivity contribution >= 4 is 33.6 Å². The lowest BCUT2D eigenvalue weighted by Crippen LogP contribution is -2.50. The van der Waals surface area contributed by atoms with Crippen LogP contribution in [0.4, 0.5) is 4.79 Å². The number of nitrogens with one attached hydrogen (secondary N) is 1. The number of likely N-dealkylation sites (N-methyl/N-ethyl adjacent to an activating group) is 1. The van der Waals surface area contributed by atoms with Gasteiger partial charge in [-0.05, 0) is 31.2 Å². The summed E-state index contributed by atoms with van der Waals surface area (Å²) in [4.78, 5) is 27.2. The number of carbonyl (C=O) groups excluding carboxylic acids is 1. The van der Waals surface area contributed by atoms with E-state index in [0.29, 0.717) is 10.9 Å². The van der Waals surface area contributed by atoms with E-state index in [1.54, 1.807) is 0 Å². The number of rotatable bonds is 5. The lowest BCUT2D eigenvalue weighted by Gasteiger charge is -2.33. The van der Waals surface area contributed by atoms with Crippen molar-refractivity contribution in [2.24, 2.45) is 5.41 Å². The Balaban J connectivity index is 1.83. The second kappa shape index (κ2) is 8.34. The van der Waals surface area contributed by atoms with Gasteiger partial charge in [-0.3, -0.25) is 9.48 Å². The molecule has 2 heterocycles. The third-order valence-corrected chi connectivity index (χ3v) is 6.97. The second-order valence-corrected chi connectivity index (χ2v) is 10.2. The Bertz CT molecular complexity index is 890. The number of carbonyl (C=O) groups is 2. The summed E-state index contributed by atoms with van der Waals surface area (Å²) in [5.74, 6) is -0.153. The van der Waals surface area contributed by atoms with Crippen LogP contribution in [0.3, 0.4) is 0 Å². The van der Waals surface area contributed by atoms with Gasteiger partial charge in [0.25, 0.3) is 5.91 Å². The molecular formula is C21H32N4O3S. The SMILES string of the molecule is Cc1nn(C2CCCCC2)c2sc(C(=O)NC(CN(C)C(=O)O)C(C)(C)C)cc12. The number of aromatic nitrogens is 2. The molecule has 1 fully saturated rings. The van der Waals surface area contributed by atoms with Crippen LogP contribution >= 0.6 is 11.3 Å². The van der Waals surface area contributed by atoms with E-state index in [9.17, 15) is 14.7 Å². The predicted molar refractivity (Wildman–Crippen MR) is 116 cm³/mol. The molecule has 1 atom stereocenters. The monoisotopic (exact) mass is 420 g/mol. The summed E-state index contributed by atoms with van der Waals surface area (Å²) in [7, 11) is 1.52. The molecule has 2 aromatic rings. The molecule has 160 valence electrons. The van der Waals surface area contributed by atoms with E-state index < -0.39 is 6.09 Å². The predicted octanol–water partition coefficient (Wildman–Crippen LogP) is 4.67. The van der Waals surface area contributed by atoms with E-state index in [2.05, 4.69) is 10.00 Å². The number of hydrogen-bond acceptors (Lipinski definition) is 4. The van der Waals surface area contributed by atoms with Crippen molar-refractivity contribution in [1.82, 2.24) is 20.0 Å². The maximum absolute atomic E-state index is 13.0. The molecule has 1 saturated carbocycles. The first kappa shape index (κ1) is 21.6. The van der Waals surface area contributed by atoms with Crippen molar-refractivity contribution < 1.29 is 14.7 Å². The average molecular weight is 421 g/mol. The summed E-state index contributed by atoms with van der Waals surface area (Å²) in [6.45, 7) is 8.25. The number of carboxylic acid groups (broad SMARTS) is 1. The van der Waals surface area contributed by atoms with Gasteiger partial charge in [0.1, 0.15) is 4.83 Å². The lowest BCUT2D eigenvalue weighted by molar-refractivity contribution is 0.0873. The summed E-state index contributed by atoms with van der Waals surface area (Å²) in [5.41, 5.74) is 0.684. The third-order valence-electron chi connectivity index (χ3n) is 5.85. The number of thiophene rings is 1. The van der Waals surface area contributed by atoms with Gasteiger partial charge in [0, 0.05) is 19.0 Å². The van der Waals surface area contributed by atoms with Crippen LogP contribution in [0.15, 0.2) is 6.07 Å². The fourth-order valence-corrected chi connectivity index (χ4v) is 5.01. The average Bonchev–Trinajstić information content (AvgIpc) is 3.21. The van der Waals surface area contributed by atoms with Gasteiger partial charge in [0.15, 0.2) is 0 Å². The summed E-state index contributed by atoms with van der Waals surface area (Å²) < 4.78 is 2.13. The first-order valence-electron chi connectivity index (χ1n) is 10.3. The highest BCUT2D eigenvalue weighted by Gasteiger charge is 2.30. The normalized spacial score (nSPS) is 16.7. The van der Waals surface area contributed by atoms with E-state index in [1.165, 1.54) is 42.5 Å². The Hall–Kier alpha value is -2.09. The van der Waals surface area contributed by atoms with E-state index in [0.717, 1.165) is 28.8 Å². The quantitative estimate of drug-likeness (QED) is 0.736. The van der Waals surface area contributed by atoms with Crippen molar-refractivity contribution in [2.45, 2.75) is 71.9 Å². The van der Waals surface area contributed by atoms with Crippen LogP contribution in [0, 0.1) is 12.3 Å². The molecule has 0 saturated heterocycles. The molecule has 3 rings (SSSR count). The smallest absolute Gasteiger partial charge is 0.407 e. The molecule has 7 nitrogen and oxygen atoms in total. The number of amides is 2. The zero-order chi connectivity index (χ0) is 21.3. The number of hydrogen-bond donors (Lipinski definition) is 2. The molecule has 0 aromatic carbocycles. The minimum atomic E-state index is -1.00. The maximum Gasteiger partial charge on any atom is 0.407 e. The highest BCUT2D eigenvalue weighted by Crippen LogP contribution is 2.35. The standard InChI is InChI=1S/C21H32N4O3S/c1-13-15-11-16(29-19(15)25(23-13)14-9-7-6-8-10-14)18(26)22-17(21(2,3)4)12-24(5)20(27)28/h11,14,17H,6-10,12H2,1-5H3,(H,22,26)(H,27,28). The van der Waals surface area contributed by atoms with Crippen molar-refractivity contribution in [3.63, 3.8) is 0 Å². The minimum Gasteiger partial charge on any atom is -0.465 e. The molecule has 1 unspecified atom stereocenters. The van der Waals surface area contributed by atoms with Crippen LogP contribution in [-0.4, -0.2) is 51.4 Å². The van der Waals surface area contributed by atoms with Gasteiger partial charge >= 0.3 is 6.09 Å². The zero-order valence-corrected chi connectivity index (χ0v) is 18.8. The summed E-state index contributed by atoms with van der Waals surface area (Å²) in [5, 5.41) is 18.1. The second-order valence-electron chi connectivity index (χ2n) is 9.21. The Morgan fingerprint density at radius 3 is 2.59 bits per heavy atom. The van der Waals surface area contributed by atoms with Crippen LogP contribution in [0.25, 0.3) is 10.2 Å². The van der Waals surface area contributed by atoms with E-state index >= 15 is 0 Å². The zero-order valence-electron chi connectivity index (χ0n) is 18.0. The van der Waals surface area contributed by atoms with Crippen LogP contribution < -0.4 is 5.32 Å². The molecule has 1 aliphatic rings. The van der Waals surface area contributed by atoms with E-state index in [-0.39, 0.29) is 23.9 Å². The molecule has 8 heteroatoms. The molecular weight excluding hydrogens is 388 g/mol. The van der Waals surface area contributed by atoms with Crippen LogP contribution in [0.2, 0.25) is 0 Å². The lowest BCUT2D eigenvalue weighted by atomic mass is 9.86. The van der Waals surface area contributed by atoms with Crippen LogP contribution in [0.5, 0.6) is 0 Å². The fraction of sp³-hybridized carbons (Fsp3) is 0.667. The highest BCUT2D eigenvalue weighted by atomic mass is 32.1. The van der Waals surface area contributed by atoms with Gasteiger partial charge in [-0.1, -0.05) is 40.0 Å². The van der Waals surface area contributed by atoms with Gasteiger partial charge in [-0.15, -0.1) is 11.3 Å². The molecule has 29 heavy (non-hydrogen) atoms. The Labute approximate surface area is 176 Å². The maximum atomic E-state index is 13.0. The Morgan fingerprint density at radius 1 is 1.34 bits per heavy atom. The molecule has 0 bridgehead atoms. The van der Waals surface area contributed by atoms with Gasteiger partial charge in [0.2, 0.25) is 0 Å². The van der Waals surface area contributed by atoms with Gasteiger partial charge < -0.3 is 15.3 Å². The number of aryl methyl sites for hydroxylation is 1. The molecule has 2 amide bonds. The minimum absolute atomic E-state index is 0.153. The molecule has 0 spiro atoms. The van der Waals surface area contributed by atoms with Crippen LogP contribution in [0.1, 0.15) is 74.3 Å². The summed E-state index contributed by atoms with van der Waals surface area (Å²) in [6.07, 6.45) is 5.03. The molecule has 1 aliphatic carbocycles. The molecule has 0 radical (unpaired) electrons. The fourth-order valence-electron chi connectivity index (χ4n) is 3.87. The van der Waals surface area contributed by atoms with E-state index in [1.807, 2.05) is 33.8 Å². The number of nitrogens with zero attached hydrogens (tertiary/aromatic N) is 3. The van der Waals surface area contributed by atoms with Gasteiger partial charge in [0.05, 0.1) is 22.7 Å². The first-order valence-corrected chi connectivity index (χ1v) is 11.1. The largest absolute Gasteiger partial charge is 0.465 e. The Morgan fingerprint density at radius 2 is 2.00 bits per heavy atom. The summed E-state index contributed by atoms with van der Waals surface area (Å²) in [6, 6.07) is 2.05. The first-order chi connectivity index (χ1) is 13.6.